The van der Waals surface area contributed by atoms with Crippen LogP contribution in [-0.4, -0.2) is 7.11 Å². The molecule has 0 amide bonds. The molecule has 0 fully saturated rings. The maximum absolute atomic E-state index is 5.39. The van der Waals surface area contributed by atoms with Crippen molar-refractivity contribution < 1.29 is 4.74 Å². The van der Waals surface area contributed by atoms with Gasteiger partial charge in [-0.1, -0.05) is 39.3 Å². The van der Waals surface area contributed by atoms with Crippen LogP contribution in [0.25, 0.3) is 0 Å². The van der Waals surface area contributed by atoms with E-state index in [2.05, 4.69) is 39.0 Å². The standard InChI is InChI=1S/C13H20O/c1-5-6-11-7-8-12(10(2)3)9-13(11)14-4/h7-10H,5-6H2,1-4H3. The first-order chi connectivity index (χ1) is 6.69. The van der Waals surface area contributed by atoms with Crippen molar-refractivity contribution >= 4 is 0 Å². The Labute approximate surface area is 87.1 Å². The summed E-state index contributed by atoms with van der Waals surface area (Å²) in [5.41, 5.74) is 2.67. The van der Waals surface area contributed by atoms with Gasteiger partial charge in [0.15, 0.2) is 0 Å². The van der Waals surface area contributed by atoms with E-state index in [0.29, 0.717) is 5.92 Å². The molecule has 0 heterocycles. The van der Waals surface area contributed by atoms with Gasteiger partial charge < -0.3 is 4.74 Å². The summed E-state index contributed by atoms with van der Waals surface area (Å²) in [6.07, 6.45) is 2.26. The van der Waals surface area contributed by atoms with Gasteiger partial charge in [-0.25, -0.2) is 0 Å². The van der Waals surface area contributed by atoms with Crippen LogP contribution in [0.3, 0.4) is 0 Å². The Morgan fingerprint density at radius 3 is 2.50 bits per heavy atom. The molecule has 0 saturated carbocycles. The van der Waals surface area contributed by atoms with Crippen molar-refractivity contribution in [3.63, 3.8) is 0 Å². The molecule has 0 aliphatic carbocycles. The third kappa shape index (κ3) is 2.50. The van der Waals surface area contributed by atoms with Gasteiger partial charge in [0.25, 0.3) is 0 Å². The Morgan fingerprint density at radius 1 is 1.29 bits per heavy atom. The van der Waals surface area contributed by atoms with Gasteiger partial charge in [-0.3, -0.25) is 0 Å². The molecule has 1 heteroatoms. The zero-order chi connectivity index (χ0) is 10.6. The number of rotatable bonds is 4. The van der Waals surface area contributed by atoms with E-state index in [1.54, 1.807) is 7.11 Å². The molecule has 0 aliphatic heterocycles. The molecule has 1 nitrogen and oxygen atoms in total. The molecule has 1 aromatic carbocycles. The summed E-state index contributed by atoms with van der Waals surface area (Å²) in [6, 6.07) is 6.56. The van der Waals surface area contributed by atoms with Crippen molar-refractivity contribution in [3.05, 3.63) is 29.3 Å². The fourth-order valence-electron chi connectivity index (χ4n) is 1.60. The van der Waals surface area contributed by atoms with Crippen molar-refractivity contribution in [1.29, 1.82) is 0 Å². The highest BCUT2D eigenvalue weighted by Crippen LogP contribution is 2.25. The van der Waals surface area contributed by atoms with Gasteiger partial charge in [-0.05, 0) is 29.5 Å². The first-order valence-corrected chi connectivity index (χ1v) is 5.35. The highest BCUT2D eigenvalue weighted by Gasteiger charge is 2.05. The molecular weight excluding hydrogens is 172 g/mol. The molecule has 0 N–H and O–H groups in total. The molecule has 0 aromatic heterocycles. The summed E-state index contributed by atoms with van der Waals surface area (Å²) in [7, 11) is 1.75. The van der Waals surface area contributed by atoms with Gasteiger partial charge in [-0.15, -0.1) is 0 Å². The molecule has 0 atom stereocenters. The van der Waals surface area contributed by atoms with Gasteiger partial charge in [-0.2, -0.15) is 0 Å². The number of ether oxygens (including phenoxy) is 1. The lowest BCUT2D eigenvalue weighted by Gasteiger charge is -2.11. The molecule has 0 spiro atoms. The number of aryl methyl sites for hydroxylation is 1. The minimum Gasteiger partial charge on any atom is -0.496 e. The molecule has 0 unspecified atom stereocenters. The monoisotopic (exact) mass is 192 g/mol. The molecule has 1 aromatic rings. The summed E-state index contributed by atoms with van der Waals surface area (Å²) >= 11 is 0. The second-order valence-electron chi connectivity index (χ2n) is 3.98. The lowest BCUT2D eigenvalue weighted by molar-refractivity contribution is 0.408. The van der Waals surface area contributed by atoms with E-state index < -0.39 is 0 Å². The summed E-state index contributed by atoms with van der Waals surface area (Å²) in [6.45, 7) is 6.60. The Morgan fingerprint density at radius 2 is 2.00 bits per heavy atom. The number of hydrogen-bond donors (Lipinski definition) is 0. The SMILES string of the molecule is CCCc1ccc(C(C)C)cc1OC. The summed E-state index contributed by atoms with van der Waals surface area (Å²) in [4.78, 5) is 0. The molecular formula is C13H20O. The smallest absolute Gasteiger partial charge is 0.122 e. The minimum atomic E-state index is 0.569. The van der Waals surface area contributed by atoms with Crippen molar-refractivity contribution in [2.45, 2.75) is 39.5 Å². The normalized spacial score (nSPS) is 10.6. The predicted molar refractivity (Wildman–Crippen MR) is 61.1 cm³/mol. The van der Waals surface area contributed by atoms with Gasteiger partial charge >= 0.3 is 0 Å². The summed E-state index contributed by atoms with van der Waals surface area (Å²) in [5.74, 6) is 1.61. The van der Waals surface area contributed by atoms with Crippen LogP contribution in [0.1, 0.15) is 44.2 Å². The van der Waals surface area contributed by atoms with Gasteiger partial charge in [0.2, 0.25) is 0 Å². The van der Waals surface area contributed by atoms with Crippen LogP contribution < -0.4 is 4.74 Å². The van der Waals surface area contributed by atoms with E-state index in [9.17, 15) is 0 Å². The fourth-order valence-corrected chi connectivity index (χ4v) is 1.60. The molecule has 0 saturated heterocycles. The second-order valence-corrected chi connectivity index (χ2v) is 3.98. The van der Waals surface area contributed by atoms with E-state index in [-0.39, 0.29) is 0 Å². The lowest BCUT2D eigenvalue weighted by Crippen LogP contribution is -1.95. The van der Waals surface area contributed by atoms with Crippen LogP contribution in [0, 0.1) is 0 Å². The Balaban J connectivity index is 2.98. The summed E-state index contributed by atoms with van der Waals surface area (Å²) in [5, 5.41) is 0. The largest absolute Gasteiger partial charge is 0.496 e. The first-order valence-electron chi connectivity index (χ1n) is 5.35. The quantitative estimate of drug-likeness (QED) is 0.705. The highest BCUT2D eigenvalue weighted by atomic mass is 16.5. The topological polar surface area (TPSA) is 9.23 Å². The Kier molecular flexibility index (Phi) is 3.99. The van der Waals surface area contributed by atoms with Gasteiger partial charge in [0.05, 0.1) is 7.11 Å². The average molecular weight is 192 g/mol. The van der Waals surface area contributed by atoms with Crippen LogP contribution in [0.4, 0.5) is 0 Å². The van der Waals surface area contributed by atoms with Crippen LogP contribution in [0.15, 0.2) is 18.2 Å². The number of methoxy groups -OCH3 is 1. The molecule has 14 heavy (non-hydrogen) atoms. The molecule has 0 radical (unpaired) electrons. The van der Waals surface area contributed by atoms with E-state index in [0.717, 1.165) is 18.6 Å². The van der Waals surface area contributed by atoms with Crippen molar-refractivity contribution in [2.24, 2.45) is 0 Å². The number of hydrogen-bond acceptors (Lipinski definition) is 1. The minimum absolute atomic E-state index is 0.569. The lowest BCUT2D eigenvalue weighted by atomic mass is 9.99. The van der Waals surface area contributed by atoms with Crippen molar-refractivity contribution in [3.8, 4) is 5.75 Å². The van der Waals surface area contributed by atoms with Crippen LogP contribution in [-0.2, 0) is 6.42 Å². The van der Waals surface area contributed by atoms with E-state index in [4.69, 9.17) is 4.74 Å². The van der Waals surface area contributed by atoms with E-state index in [1.807, 2.05) is 0 Å². The second kappa shape index (κ2) is 5.04. The highest BCUT2D eigenvalue weighted by molar-refractivity contribution is 5.38. The zero-order valence-electron chi connectivity index (χ0n) is 9.63. The van der Waals surface area contributed by atoms with Crippen molar-refractivity contribution in [2.75, 3.05) is 7.11 Å². The maximum atomic E-state index is 5.39. The van der Waals surface area contributed by atoms with Crippen LogP contribution >= 0.6 is 0 Å². The molecule has 0 bridgehead atoms. The van der Waals surface area contributed by atoms with Crippen LogP contribution in [0.2, 0.25) is 0 Å². The average Bonchev–Trinajstić information content (AvgIpc) is 2.18. The summed E-state index contributed by atoms with van der Waals surface area (Å²) < 4.78 is 5.39. The van der Waals surface area contributed by atoms with Gasteiger partial charge in [0, 0.05) is 0 Å². The van der Waals surface area contributed by atoms with E-state index in [1.165, 1.54) is 11.1 Å². The predicted octanol–water partition coefficient (Wildman–Crippen LogP) is 3.77. The first kappa shape index (κ1) is 11.1. The van der Waals surface area contributed by atoms with Crippen molar-refractivity contribution in [1.82, 2.24) is 0 Å². The zero-order valence-corrected chi connectivity index (χ0v) is 9.63. The Hall–Kier alpha value is -0.980. The third-order valence-corrected chi connectivity index (χ3v) is 2.50. The van der Waals surface area contributed by atoms with Crippen LogP contribution in [0.5, 0.6) is 5.75 Å². The molecule has 78 valence electrons. The number of benzene rings is 1. The molecule has 0 aliphatic rings. The fraction of sp³-hybridized carbons (Fsp3) is 0.538. The maximum Gasteiger partial charge on any atom is 0.122 e. The molecule has 1 rings (SSSR count). The third-order valence-electron chi connectivity index (χ3n) is 2.50. The van der Waals surface area contributed by atoms with Gasteiger partial charge in [0.1, 0.15) is 5.75 Å². The van der Waals surface area contributed by atoms with E-state index >= 15 is 0 Å². The Bertz CT molecular complexity index is 289.